The summed E-state index contributed by atoms with van der Waals surface area (Å²) in [5.74, 6) is -2.38. The van der Waals surface area contributed by atoms with Crippen LogP contribution in [-0.2, 0) is 27.7 Å². The zero-order valence-electron chi connectivity index (χ0n) is 26.4. The third-order valence-electron chi connectivity index (χ3n) is 8.39. The van der Waals surface area contributed by atoms with Crippen molar-refractivity contribution in [2.24, 2.45) is 7.05 Å². The minimum atomic E-state index is -4.62. The number of hydrogen-bond acceptors (Lipinski definition) is 9. The number of benzene rings is 2. The van der Waals surface area contributed by atoms with Crippen LogP contribution in [0.5, 0.6) is 11.5 Å². The summed E-state index contributed by atoms with van der Waals surface area (Å²) in [4.78, 5) is 44.9. The second kappa shape index (κ2) is 13.2. The molecule has 1 fully saturated rings. The molecule has 15 heteroatoms. The molecular formula is C32H34F4N4O7. The Morgan fingerprint density at radius 2 is 1.81 bits per heavy atom. The lowest BCUT2D eigenvalue weighted by molar-refractivity contribution is -0.167. The van der Waals surface area contributed by atoms with Gasteiger partial charge in [-0.2, -0.15) is 13.2 Å². The number of hydrogen-bond donors (Lipinski definition) is 1. The van der Waals surface area contributed by atoms with Crippen LogP contribution in [0.4, 0.5) is 23.2 Å². The summed E-state index contributed by atoms with van der Waals surface area (Å²) in [5, 5.41) is 2.50. The Labute approximate surface area is 267 Å². The van der Waals surface area contributed by atoms with Gasteiger partial charge >= 0.3 is 12.1 Å². The van der Waals surface area contributed by atoms with E-state index in [1.807, 2.05) is 0 Å². The van der Waals surface area contributed by atoms with E-state index in [1.165, 1.54) is 17.6 Å². The van der Waals surface area contributed by atoms with E-state index in [0.717, 1.165) is 18.1 Å². The number of nitrogens with one attached hydrogen (secondary N) is 1. The quantitative estimate of drug-likeness (QED) is 0.299. The molecule has 0 radical (unpaired) electrons. The highest BCUT2D eigenvalue weighted by molar-refractivity contribution is 5.98. The molecule has 5 rings (SSSR count). The van der Waals surface area contributed by atoms with Crippen molar-refractivity contribution in [3.8, 4) is 22.8 Å². The van der Waals surface area contributed by atoms with Gasteiger partial charge in [0.15, 0.2) is 11.5 Å². The third-order valence-corrected chi connectivity index (χ3v) is 8.39. The topological polar surface area (TPSA) is 121 Å². The number of carbonyl (C=O) groups excluding carboxylic acids is 2. The number of aryl methyl sites for hydroxylation is 2. The second-order valence-corrected chi connectivity index (χ2v) is 11.3. The number of ether oxygens (including phenoxy) is 4. The predicted molar refractivity (Wildman–Crippen MR) is 161 cm³/mol. The number of morpholine rings is 1. The monoisotopic (exact) mass is 662 g/mol. The van der Waals surface area contributed by atoms with Crippen molar-refractivity contribution in [3.05, 3.63) is 68.5 Å². The molecule has 0 aliphatic carbocycles. The lowest BCUT2D eigenvalue weighted by Crippen LogP contribution is -2.53. The Hall–Kier alpha value is -4.66. The van der Waals surface area contributed by atoms with Crippen molar-refractivity contribution in [1.29, 1.82) is 0 Å². The van der Waals surface area contributed by atoms with Crippen LogP contribution in [0.1, 0.15) is 32.9 Å². The van der Waals surface area contributed by atoms with Crippen molar-refractivity contribution < 1.29 is 46.1 Å². The molecule has 2 aliphatic rings. The molecule has 1 N–H and O–H groups in total. The van der Waals surface area contributed by atoms with Crippen LogP contribution in [0.3, 0.4) is 0 Å². The zero-order chi connectivity index (χ0) is 34.2. The Kier molecular flexibility index (Phi) is 9.48. The van der Waals surface area contributed by atoms with Gasteiger partial charge in [0.2, 0.25) is 0 Å². The summed E-state index contributed by atoms with van der Waals surface area (Å²) in [5.41, 5.74) is 1.54. The number of halogens is 4. The number of esters is 1. The largest absolute Gasteiger partial charge is 0.486 e. The molecule has 0 bridgehead atoms. The lowest BCUT2D eigenvalue weighted by Gasteiger charge is -2.38. The molecule has 3 aromatic rings. The van der Waals surface area contributed by atoms with Gasteiger partial charge in [0.05, 0.1) is 37.1 Å². The fourth-order valence-corrected chi connectivity index (χ4v) is 5.71. The minimum absolute atomic E-state index is 0.0214. The average molecular weight is 663 g/mol. The van der Waals surface area contributed by atoms with E-state index < -0.39 is 48.1 Å². The van der Waals surface area contributed by atoms with Crippen LogP contribution >= 0.6 is 0 Å². The number of carbonyl (C=O) groups is 2. The first-order valence-electron chi connectivity index (χ1n) is 14.8. The first-order valence-corrected chi connectivity index (χ1v) is 14.8. The Bertz CT molecular complexity index is 1750. The smallest absolute Gasteiger partial charge is 0.411 e. The number of fused-ring (bicyclic) bond motifs is 1. The number of nitrogens with zero attached hydrogens (tertiary/aromatic N) is 3. The lowest BCUT2D eigenvalue weighted by atomic mass is 9.99. The summed E-state index contributed by atoms with van der Waals surface area (Å²) >= 11 is 0. The average Bonchev–Trinajstić information content (AvgIpc) is 3.04. The van der Waals surface area contributed by atoms with Crippen LogP contribution in [0.15, 0.2) is 29.1 Å². The molecule has 0 saturated carbocycles. The fourth-order valence-electron chi connectivity index (χ4n) is 5.71. The Morgan fingerprint density at radius 3 is 2.47 bits per heavy atom. The van der Waals surface area contributed by atoms with Crippen molar-refractivity contribution in [3.63, 3.8) is 0 Å². The van der Waals surface area contributed by atoms with Crippen LogP contribution in [0.2, 0.25) is 0 Å². The van der Waals surface area contributed by atoms with Gasteiger partial charge in [0.1, 0.15) is 36.8 Å². The Morgan fingerprint density at radius 1 is 1.11 bits per heavy atom. The van der Waals surface area contributed by atoms with Crippen LogP contribution < -0.4 is 25.2 Å². The molecule has 47 heavy (non-hydrogen) atoms. The van der Waals surface area contributed by atoms with Gasteiger partial charge in [-0.15, -0.1) is 0 Å². The van der Waals surface area contributed by atoms with E-state index in [2.05, 4.69) is 10.3 Å². The van der Waals surface area contributed by atoms with E-state index in [-0.39, 0.29) is 66.8 Å². The molecule has 2 aliphatic heterocycles. The van der Waals surface area contributed by atoms with Gasteiger partial charge < -0.3 is 33.7 Å². The van der Waals surface area contributed by atoms with E-state index in [0.29, 0.717) is 22.5 Å². The molecule has 1 amide bonds. The third kappa shape index (κ3) is 6.62. The van der Waals surface area contributed by atoms with Gasteiger partial charge in [-0.05, 0) is 44.5 Å². The molecule has 3 heterocycles. The maximum absolute atomic E-state index is 15.5. The highest BCUT2D eigenvalue weighted by Gasteiger charge is 2.45. The molecule has 1 saturated heterocycles. The number of methoxy groups -OCH3 is 1. The molecule has 2 aromatic carbocycles. The summed E-state index contributed by atoms with van der Waals surface area (Å²) in [6.45, 7) is 4.60. The van der Waals surface area contributed by atoms with Crippen molar-refractivity contribution in [2.75, 3.05) is 45.0 Å². The van der Waals surface area contributed by atoms with Crippen LogP contribution in [0, 0.1) is 26.6 Å². The summed E-state index contributed by atoms with van der Waals surface area (Å²) in [6.07, 6.45) is -4.78. The molecule has 2 atom stereocenters. The van der Waals surface area contributed by atoms with Gasteiger partial charge in [0, 0.05) is 37.0 Å². The van der Waals surface area contributed by atoms with Crippen molar-refractivity contribution >= 4 is 17.6 Å². The molecule has 11 nitrogen and oxygen atoms in total. The number of aromatic nitrogens is 2. The summed E-state index contributed by atoms with van der Waals surface area (Å²) < 4.78 is 79.6. The minimum Gasteiger partial charge on any atom is -0.486 e. The Balaban J connectivity index is 1.45. The maximum Gasteiger partial charge on any atom is 0.411 e. The van der Waals surface area contributed by atoms with E-state index >= 15 is 4.39 Å². The van der Waals surface area contributed by atoms with E-state index in [9.17, 15) is 27.6 Å². The number of amides is 1. The fraction of sp³-hybridized carbons (Fsp3) is 0.438. The van der Waals surface area contributed by atoms with Crippen molar-refractivity contribution in [1.82, 2.24) is 14.9 Å². The number of rotatable bonds is 7. The number of alkyl halides is 3. The van der Waals surface area contributed by atoms with Crippen LogP contribution in [0.25, 0.3) is 11.3 Å². The maximum atomic E-state index is 15.5. The summed E-state index contributed by atoms with van der Waals surface area (Å²) in [7, 11) is 2.76. The first kappa shape index (κ1) is 33.7. The van der Waals surface area contributed by atoms with E-state index in [4.69, 9.17) is 18.9 Å². The van der Waals surface area contributed by atoms with Gasteiger partial charge in [-0.1, -0.05) is 6.07 Å². The molecular weight excluding hydrogens is 628 g/mol. The first-order chi connectivity index (χ1) is 22.2. The highest BCUT2D eigenvalue weighted by Crippen LogP contribution is 2.42. The predicted octanol–water partition coefficient (Wildman–Crippen LogP) is 3.56. The van der Waals surface area contributed by atoms with E-state index in [1.54, 1.807) is 33.0 Å². The second-order valence-electron chi connectivity index (χ2n) is 11.3. The van der Waals surface area contributed by atoms with Gasteiger partial charge in [-0.25, -0.2) is 14.2 Å². The molecule has 0 unspecified atom stereocenters. The van der Waals surface area contributed by atoms with Gasteiger partial charge in [-0.3, -0.25) is 9.59 Å². The van der Waals surface area contributed by atoms with Gasteiger partial charge in [0.25, 0.3) is 11.5 Å². The number of anilines is 1. The normalized spacial score (nSPS) is 16.9. The van der Waals surface area contributed by atoms with Crippen molar-refractivity contribution in [2.45, 2.75) is 45.5 Å². The molecule has 0 spiro atoms. The standard InChI is InChI=1S/C32H34F4N4O7/c1-16-12-20(40-8-9-45-15-24(40)32(34,35)36)14-22(33)25(16)29(41)38-23(31(43)44-5)13-19-6-7-21(28-27(19)46-10-11-47-28)26-30(42)39(4)18(3)17(2)37-26/h6-7,12,14,23-24H,8-11,13,15H2,1-5H3,(H,38,41)/t23-,24+/m0/s1. The zero-order valence-corrected chi connectivity index (χ0v) is 26.4. The summed E-state index contributed by atoms with van der Waals surface area (Å²) in [6, 6.07) is 2.08. The SMILES string of the molecule is COC(=O)[C@H](Cc1ccc(-c2nc(C)c(C)n(C)c2=O)c2c1OCCO2)NC(=O)c1c(C)cc(N2CCOC[C@@H]2C(F)(F)F)cc1F. The van der Waals surface area contributed by atoms with Crippen LogP contribution in [-0.4, -0.2) is 79.8 Å². The molecule has 1 aromatic heterocycles. The highest BCUT2D eigenvalue weighted by atomic mass is 19.4. The molecule has 252 valence electrons.